The molecule has 0 aromatic carbocycles. The molecular weight excluding hydrogens is 368 g/mol. The van der Waals surface area contributed by atoms with E-state index in [1.807, 2.05) is 0 Å². The molecule has 2 aromatic heterocycles. The molecule has 0 spiro atoms. The van der Waals surface area contributed by atoms with Crippen molar-refractivity contribution < 1.29 is 18.8 Å². The van der Waals surface area contributed by atoms with Gasteiger partial charge in [0.05, 0.1) is 18.4 Å². The fourth-order valence-corrected chi connectivity index (χ4v) is 3.69. The Morgan fingerprint density at radius 3 is 2.59 bits per heavy atom. The summed E-state index contributed by atoms with van der Waals surface area (Å²) in [6.45, 7) is 1.93. The molecule has 2 fully saturated rings. The van der Waals surface area contributed by atoms with E-state index in [-0.39, 0.29) is 30.1 Å². The Hall–Kier alpha value is -2.68. The number of rotatable bonds is 5. The minimum atomic E-state index is -0.150. The zero-order chi connectivity index (χ0) is 18.8. The van der Waals surface area contributed by atoms with E-state index in [4.69, 9.17) is 4.42 Å². The van der Waals surface area contributed by atoms with Crippen molar-refractivity contribution in [2.24, 2.45) is 5.92 Å². The first-order valence-corrected chi connectivity index (χ1v) is 9.84. The molecule has 1 aliphatic heterocycles. The number of piperazine rings is 1. The maximum absolute atomic E-state index is 12.5. The van der Waals surface area contributed by atoms with Gasteiger partial charge in [0, 0.05) is 37.5 Å². The van der Waals surface area contributed by atoms with E-state index in [2.05, 4.69) is 10.3 Å². The van der Waals surface area contributed by atoms with Crippen molar-refractivity contribution in [1.29, 1.82) is 0 Å². The second-order valence-corrected chi connectivity index (χ2v) is 7.59. The minimum absolute atomic E-state index is 0.0135. The molecule has 0 atom stereocenters. The summed E-state index contributed by atoms with van der Waals surface area (Å²) >= 11 is 1.34. The van der Waals surface area contributed by atoms with Gasteiger partial charge < -0.3 is 19.5 Å². The van der Waals surface area contributed by atoms with Gasteiger partial charge in [-0.25, -0.2) is 4.98 Å². The Kier molecular flexibility index (Phi) is 4.93. The molecule has 3 heterocycles. The molecule has 27 heavy (non-hydrogen) atoms. The standard InChI is InChI=1S/C18H20N4O4S/c23-15(10-13-11-27-18(19-13)20-16(24)12-3-4-12)21-5-7-22(8-6-21)17(25)14-2-1-9-26-14/h1-2,9,11-12H,3-8,10H2,(H,19,20,24). The first-order chi connectivity index (χ1) is 13.1. The summed E-state index contributed by atoms with van der Waals surface area (Å²) in [6.07, 6.45) is 3.55. The summed E-state index contributed by atoms with van der Waals surface area (Å²) in [5.41, 5.74) is 0.658. The van der Waals surface area contributed by atoms with E-state index < -0.39 is 0 Å². The second kappa shape index (κ2) is 7.51. The number of thiazole rings is 1. The highest BCUT2D eigenvalue weighted by Crippen LogP contribution is 2.30. The molecule has 142 valence electrons. The Morgan fingerprint density at radius 2 is 1.93 bits per heavy atom. The van der Waals surface area contributed by atoms with Crippen molar-refractivity contribution >= 4 is 34.2 Å². The molecule has 0 unspecified atom stereocenters. The molecule has 1 N–H and O–H groups in total. The largest absolute Gasteiger partial charge is 0.459 e. The molecule has 9 heteroatoms. The molecule has 8 nitrogen and oxygen atoms in total. The van der Waals surface area contributed by atoms with Crippen molar-refractivity contribution in [1.82, 2.24) is 14.8 Å². The maximum Gasteiger partial charge on any atom is 0.289 e. The maximum atomic E-state index is 12.5. The molecule has 1 saturated heterocycles. The van der Waals surface area contributed by atoms with Crippen LogP contribution in [-0.2, 0) is 16.0 Å². The lowest BCUT2D eigenvalue weighted by Crippen LogP contribution is -2.50. The van der Waals surface area contributed by atoms with Gasteiger partial charge in [0.1, 0.15) is 0 Å². The Labute approximate surface area is 160 Å². The third-order valence-corrected chi connectivity index (χ3v) is 5.52. The van der Waals surface area contributed by atoms with Crippen LogP contribution in [0.5, 0.6) is 0 Å². The number of carbonyl (C=O) groups is 3. The molecule has 3 amide bonds. The lowest BCUT2D eigenvalue weighted by molar-refractivity contribution is -0.132. The van der Waals surface area contributed by atoms with Crippen LogP contribution in [0.25, 0.3) is 0 Å². The number of hydrogen-bond donors (Lipinski definition) is 1. The zero-order valence-corrected chi connectivity index (χ0v) is 15.5. The number of hydrogen-bond acceptors (Lipinski definition) is 6. The summed E-state index contributed by atoms with van der Waals surface area (Å²) in [7, 11) is 0. The lowest BCUT2D eigenvalue weighted by atomic mass is 10.2. The third-order valence-electron chi connectivity index (χ3n) is 4.71. The Balaban J connectivity index is 1.26. The summed E-state index contributed by atoms with van der Waals surface area (Å²) in [4.78, 5) is 44.3. The van der Waals surface area contributed by atoms with Crippen molar-refractivity contribution in [3.05, 3.63) is 35.2 Å². The average molecular weight is 388 g/mol. The number of amides is 3. The molecule has 0 bridgehead atoms. The molecule has 0 radical (unpaired) electrons. The van der Waals surface area contributed by atoms with Gasteiger partial charge in [-0.1, -0.05) is 0 Å². The van der Waals surface area contributed by atoms with Crippen LogP contribution in [0.3, 0.4) is 0 Å². The second-order valence-electron chi connectivity index (χ2n) is 6.73. The SMILES string of the molecule is O=C(Nc1nc(CC(=O)N2CCN(C(=O)c3ccco3)CC2)cs1)C1CC1. The number of anilines is 1. The molecule has 1 saturated carbocycles. The first kappa shape index (κ1) is 17.7. The number of aromatic nitrogens is 1. The van der Waals surface area contributed by atoms with Crippen LogP contribution in [0.4, 0.5) is 5.13 Å². The van der Waals surface area contributed by atoms with Gasteiger partial charge in [-0.05, 0) is 25.0 Å². The molecule has 1 aliphatic carbocycles. The molecule has 4 rings (SSSR count). The smallest absolute Gasteiger partial charge is 0.289 e. The van der Waals surface area contributed by atoms with Crippen molar-refractivity contribution in [2.75, 3.05) is 31.5 Å². The van der Waals surface area contributed by atoms with Crippen LogP contribution >= 0.6 is 11.3 Å². The zero-order valence-electron chi connectivity index (χ0n) is 14.7. The van der Waals surface area contributed by atoms with Gasteiger partial charge in [0.2, 0.25) is 11.8 Å². The fourth-order valence-electron chi connectivity index (χ4n) is 2.98. The van der Waals surface area contributed by atoms with Crippen LogP contribution in [0.1, 0.15) is 29.1 Å². The average Bonchev–Trinajstić information content (AvgIpc) is 3.21. The Morgan fingerprint density at radius 1 is 1.19 bits per heavy atom. The quantitative estimate of drug-likeness (QED) is 0.840. The van der Waals surface area contributed by atoms with Gasteiger partial charge in [-0.3, -0.25) is 14.4 Å². The van der Waals surface area contributed by atoms with E-state index in [1.54, 1.807) is 27.3 Å². The number of nitrogens with one attached hydrogen (secondary N) is 1. The molecular formula is C18H20N4O4S. The number of carbonyl (C=O) groups excluding carboxylic acids is 3. The van der Waals surface area contributed by atoms with Gasteiger partial charge in [0.15, 0.2) is 10.9 Å². The number of nitrogens with zero attached hydrogens (tertiary/aromatic N) is 3. The van der Waals surface area contributed by atoms with E-state index in [0.29, 0.717) is 42.8 Å². The number of furan rings is 1. The van der Waals surface area contributed by atoms with Crippen molar-refractivity contribution in [3.8, 4) is 0 Å². The monoisotopic (exact) mass is 388 g/mol. The van der Waals surface area contributed by atoms with E-state index >= 15 is 0 Å². The predicted molar refractivity (Wildman–Crippen MR) is 98.4 cm³/mol. The third kappa shape index (κ3) is 4.19. The van der Waals surface area contributed by atoms with Gasteiger partial charge >= 0.3 is 0 Å². The summed E-state index contributed by atoms with van der Waals surface area (Å²) in [6, 6.07) is 3.32. The van der Waals surface area contributed by atoms with Crippen LogP contribution in [0.2, 0.25) is 0 Å². The predicted octanol–water partition coefficient (Wildman–Crippen LogP) is 1.61. The normalized spacial score (nSPS) is 17.0. The van der Waals surface area contributed by atoms with Gasteiger partial charge in [0.25, 0.3) is 5.91 Å². The van der Waals surface area contributed by atoms with Gasteiger partial charge in [-0.15, -0.1) is 11.3 Å². The van der Waals surface area contributed by atoms with Crippen LogP contribution < -0.4 is 5.32 Å². The highest BCUT2D eigenvalue weighted by Gasteiger charge is 2.30. The minimum Gasteiger partial charge on any atom is -0.459 e. The van der Waals surface area contributed by atoms with Gasteiger partial charge in [-0.2, -0.15) is 0 Å². The van der Waals surface area contributed by atoms with Crippen molar-refractivity contribution in [2.45, 2.75) is 19.3 Å². The van der Waals surface area contributed by atoms with E-state index in [9.17, 15) is 14.4 Å². The first-order valence-electron chi connectivity index (χ1n) is 8.96. The molecule has 2 aliphatic rings. The topological polar surface area (TPSA) is 95.8 Å². The highest BCUT2D eigenvalue weighted by molar-refractivity contribution is 7.13. The summed E-state index contributed by atoms with van der Waals surface area (Å²) in [5, 5.41) is 5.15. The Bertz CT molecular complexity index is 835. The fraction of sp³-hybridized carbons (Fsp3) is 0.444. The van der Waals surface area contributed by atoms with Crippen LogP contribution in [-0.4, -0.2) is 58.7 Å². The summed E-state index contributed by atoms with van der Waals surface area (Å²) < 4.78 is 5.14. The van der Waals surface area contributed by atoms with Crippen molar-refractivity contribution in [3.63, 3.8) is 0 Å². The lowest BCUT2D eigenvalue weighted by Gasteiger charge is -2.34. The van der Waals surface area contributed by atoms with E-state index in [1.165, 1.54) is 17.6 Å². The van der Waals surface area contributed by atoms with Crippen LogP contribution in [0.15, 0.2) is 28.2 Å². The summed E-state index contributed by atoms with van der Waals surface area (Å²) in [5.74, 6) is 0.282. The van der Waals surface area contributed by atoms with Crippen LogP contribution in [0, 0.1) is 5.92 Å². The molecule has 2 aromatic rings. The highest BCUT2D eigenvalue weighted by atomic mass is 32.1. The van der Waals surface area contributed by atoms with E-state index in [0.717, 1.165) is 12.8 Å².